The van der Waals surface area contributed by atoms with Gasteiger partial charge < -0.3 is 34.2 Å². The Morgan fingerprint density at radius 3 is 2.40 bits per heavy atom. The van der Waals surface area contributed by atoms with E-state index in [2.05, 4.69) is 19.9 Å². The van der Waals surface area contributed by atoms with Gasteiger partial charge in [-0.15, -0.1) is 0 Å². The van der Waals surface area contributed by atoms with Crippen LogP contribution in [0, 0.1) is 17.2 Å². The van der Waals surface area contributed by atoms with Gasteiger partial charge in [0.2, 0.25) is 5.88 Å². The van der Waals surface area contributed by atoms with E-state index in [1.165, 1.54) is 7.11 Å². The number of fused-ring (bicyclic) bond motifs is 1. The Labute approximate surface area is 233 Å². The van der Waals surface area contributed by atoms with E-state index in [9.17, 15) is 10.1 Å². The van der Waals surface area contributed by atoms with Gasteiger partial charge in [-0.1, -0.05) is 38.1 Å². The van der Waals surface area contributed by atoms with Gasteiger partial charge in [0.1, 0.15) is 23.1 Å². The van der Waals surface area contributed by atoms with Gasteiger partial charge in [-0.3, -0.25) is 0 Å². The van der Waals surface area contributed by atoms with Gasteiger partial charge in [-0.05, 0) is 48.2 Å². The summed E-state index contributed by atoms with van der Waals surface area (Å²) in [5.74, 6) is 2.05. The van der Waals surface area contributed by atoms with Crippen molar-refractivity contribution >= 4 is 5.97 Å². The van der Waals surface area contributed by atoms with Crippen molar-refractivity contribution in [1.29, 1.82) is 5.26 Å². The van der Waals surface area contributed by atoms with Gasteiger partial charge in [0, 0.05) is 11.6 Å². The molecule has 40 heavy (non-hydrogen) atoms. The molecule has 9 heteroatoms. The number of carbonyl (C=O) groups is 1. The Morgan fingerprint density at radius 2 is 1.70 bits per heavy atom. The number of allylic oxidation sites excluding steroid dienone is 1. The molecule has 3 aromatic carbocycles. The van der Waals surface area contributed by atoms with Crippen molar-refractivity contribution in [1.82, 2.24) is 0 Å². The Hall–Kier alpha value is -4.84. The van der Waals surface area contributed by atoms with Crippen molar-refractivity contribution in [2.75, 3.05) is 27.4 Å². The van der Waals surface area contributed by atoms with Crippen LogP contribution in [0.3, 0.4) is 0 Å². The van der Waals surface area contributed by atoms with E-state index in [1.807, 2.05) is 18.2 Å². The molecule has 0 aromatic heterocycles. The molecule has 0 saturated heterocycles. The molecule has 0 amide bonds. The summed E-state index contributed by atoms with van der Waals surface area (Å²) in [7, 11) is 3.09. The molecule has 0 fully saturated rings. The zero-order valence-corrected chi connectivity index (χ0v) is 22.9. The Kier molecular flexibility index (Phi) is 9.02. The minimum atomic E-state index is -0.614. The summed E-state index contributed by atoms with van der Waals surface area (Å²) in [5.41, 5.74) is 7.88. The highest BCUT2D eigenvalue weighted by Gasteiger charge is 2.32. The van der Waals surface area contributed by atoms with Crippen LogP contribution in [0.5, 0.6) is 34.5 Å². The van der Waals surface area contributed by atoms with E-state index >= 15 is 0 Å². The molecule has 1 aliphatic rings. The lowest BCUT2D eigenvalue weighted by atomic mass is 9.83. The van der Waals surface area contributed by atoms with E-state index in [0.717, 1.165) is 12.0 Å². The molecule has 208 valence electrons. The SMILES string of the molecule is COc1cc(C2C(C#N)=C(N)Oc3cc(OC(=O)COc4ccccc4OC)ccc32)ccc1OCCC(C)C. The van der Waals surface area contributed by atoms with Crippen LogP contribution in [-0.2, 0) is 4.79 Å². The predicted octanol–water partition coefficient (Wildman–Crippen LogP) is 5.33. The maximum Gasteiger partial charge on any atom is 0.349 e. The highest BCUT2D eigenvalue weighted by atomic mass is 16.6. The van der Waals surface area contributed by atoms with Gasteiger partial charge in [-0.25, -0.2) is 4.79 Å². The molecular weight excluding hydrogens is 512 g/mol. The number of hydrogen-bond acceptors (Lipinski definition) is 9. The summed E-state index contributed by atoms with van der Waals surface area (Å²) < 4.78 is 33.5. The second-order valence-corrected chi connectivity index (χ2v) is 9.48. The standard InChI is InChI=1S/C31H32N2O7/c1-19(2)13-14-37-26-12-9-20(15-28(26)36-4)30-22-11-10-21(16-27(22)40-31(33)23(30)17-32)39-29(34)18-38-25-8-6-5-7-24(25)35-3/h5-12,15-16,19,30H,13-14,18,33H2,1-4H3. The number of methoxy groups -OCH3 is 2. The van der Waals surface area contributed by atoms with Crippen LogP contribution >= 0.6 is 0 Å². The maximum absolute atomic E-state index is 12.5. The maximum atomic E-state index is 12.5. The first kappa shape index (κ1) is 28.2. The van der Waals surface area contributed by atoms with Crippen LogP contribution in [0.4, 0.5) is 0 Å². The van der Waals surface area contributed by atoms with Crippen molar-refractivity contribution in [3.63, 3.8) is 0 Å². The van der Waals surface area contributed by atoms with Gasteiger partial charge in [-0.2, -0.15) is 5.26 Å². The van der Waals surface area contributed by atoms with E-state index in [4.69, 9.17) is 34.2 Å². The molecular formula is C31H32N2O7. The molecule has 1 atom stereocenters. The first-order valence-corrected chi connectivity index (χ1v) is 12.8. The fourth-order valence-corrected chi connectivity index (χ4v) is 4.27. The Bertz CT molecular complexity index is 1440. The Balaban J connectivity index is 1.55. The third-order valence-electron chi connectivity index (χ3n) is 6.31. The summed E-state index contributed by atoms with van der Waals surface area (Å²) in [6.07, 6.45) is 0.912. The number of rotatable bonds is 11. The summed E-state index contributed by atoms with van der Waals surface area (Å²) in [5, 5.41) is 9.92. The lowest BCUT2D eigenvalue weighted by Gasteiger charge is -2.27. The van der Waals surface area contributed by atoms with Crippen LogP contribution in [0.1, 0.15) is 37.3 Å². The third kappa shape index (κ3) is 6.41. The minimum Gasteiger partial charge on any atom is -0.493 e. The van der Waals surface area contributed by atoms with Gasteiger partial charge in [0.25, 0.3) is 0 Å². The third-order valence-corrected chi connectivity index (χ3v) is 6.31. The van der Waals surface area contributed by atoms with E-state index in [-0.39, 0.29) is 23.8 Å². The van der Waals surface area contributed by atoms with Crippen LogP contribution in [-0.4, -0.2) is 33.4 Å². The normalized spacial score (nSPS) is 14.1. The fourth-order valence-electron chi connectivity index (χ4n) is 4.27. The van der Waals surface area contributed by atoms with Crippen LogP contribution < -0.4 is 34.2 Å². The summed E-state index contributed by atoms with van der Waals surface area (Å²) in [6.45, 7) is 4.51. The van der Waals surface area contributed by atoms with E-state index < -0.39 is 11.9 Å². The lowest BCUT2D eigenvalue weighted by molar-refractivity contribution is -0.136. The minimum absolute atomic E-state index is 0.0285. The average molecular weight is 545 g/mol. The molecule has 4 rings (SSSR count). The molecule has 0 saturated carbocycles. The van der Waals surface area contributed by atoms with Crippen molar-refractivity contribution in [2.45, 2.75) is 26.2 Å². The summed E-state index contributed by atoms with van der Waals surface area (Å²) >= 11 is 0. The smallest absolute Gasteiger partial charge is 0.349 e. The quantitative estimate of drug-likeness (QED) is 0.252. The van der Waals surface area contributed by atoms with Crippen molar-refractivity contribution in [3.8, 4) is 40.6 Å². The summed E-state index contributed by atoms with van der Waals surface area (Å²) in [6, 6.07) is 19.6. The number of carbonyl (C=O) groups excluding carboxylic acids is 1. The van der Waals surface area contributed by atoms with E-state index in [1.54, 1.807) is 49.6 Å². The molecule has 2 N–H and O–H groups in total. The van der Waals surface area contributed by atoms with Crippen molar-refractivity contribution in [2.24, 2.45) is 11.7 Å². The van der Waals surface area contributed by atoms with Crippen LogP contribution in [0.25, 0.3) is 0 Å². The average Bonchev–Trinajstić information content (AvgIpc) is 2.95. The lowest BCUT2D eigenvalue weighted by Crippen LogP contribution is -2.22. The topological polar surface area (TPSA) is 122 Å². The molecule has 9 nitrogen and oxygen atoms in total. The molecule has 3 aromatic rings. The largest absolute Gasteiger partial charge is 0.493 e. The second-order valence-electron chi connectivity index (χ2n) is 9.48. The van der Waals surface area contributed by atoms with Crippen molar-refractivity contribution in [3.05, 3.63) is 83.2 Å². The second kappa shape index (κ2) is 12.8. The molecule has 1 unspecified atom stereocenters. The van der Waals surface area contributed by atoms with Gasteiger partial charge in [0.05, 0.1) is 26.7 Å². The predicted molar refractivity (Wildman–Crippen MR) is 148 cm³/mol. The zero-order valence-electron chi connectivity index (χ0n) is 22.9. The number of ether oxygens (including phenoxy) is 6. The van der Waals surface area contributed by atoms with Gasteiger partial charge in [0.15, 0.2) is 29.6 Å². The zero-order chi connectivity index (χ0) is 28.6. The first-order chi connectivity index (χ1) is 19.3. The summed E-state index contributed by atoms with van der Waals surface area (Å²) in [4.78, 5) is 12.5. The number of nitrogens with zero attached hydrogens (tertiary/aromatic N) is 1. The number of benzene rings is 3. The first-order valence-electron chi connectivity index (χ1n) is 12.8. The number of nitrogens with two attached hydrogens (primary N) is 1. The number of hydrogen-bond donors (Lipinski definition) is 1. The van der Waals surface area contributed by atoms with Crippen LogP contribution in [0.15, 0.2) is 72.1 Å². The van der Waals surface area contributed by atoms with Gasteiger partial charge >= 0.3 is 5.97 Å². The Morgan fingerprint density at radius 1 is 0.975 bits per heavy atom. The number of esters is 1. The van der Waals surface area contributed by atoms with E-state index in [0.29, 0.717) is 46.8 Å². The molecule has 0 spiro atoms. The van der Waals surface area contributed by atoms with Crippen molar-refractivity contribution < 1.29 is 33.2 Å². The fraction of sp³-hybridized carbons (Fsp3) is 0.290. The molecule has 1 aliphatic heterocycles. The number of nitriles is 1. The highest BCUT2D eigenvalue weighted by molar-refractivity contribution is 5.74. The molecule has 1 heterocycles. The van der Waals surface area contributed by atoms with Crippen LogP contribution in [0.2, 0.25) is 0 Å². The number of para-hydroxylation sites is 2. The monoisotopic (exact) mass is 544 g/mol. The highest BCUT2D eigenvalue weighted by Crippen LogP contribution is 2.45. The molecule has 0 radical (unpaired) electrons. The molecule has 0 bridgehead atoms. The molecule has 0 aliphatic carbocycles.